The standard InChI is InChI=1S/C16H14N2O2/c1-11-3-5-15-13(7-11)17-9-18-14-8-12(2)4-6-16(14)20-10-19-15/h3-8H,10H2,1-2H3. The Kier molecular flexibility index (Phi) is 3.23. The van der Waals surface area contributed by atoms with E-state index >= 15 is 0 Å². The minimum atomic E-state index is 0.122. The maximum atomic E-state index is 5.61. The minimum Gasteiger partial charge on any atom is -0.455 e. The average Bonchev–Trinajstić information content (AvgIpc) is 2.43. The second-order valence-electron chi connectivity index (χ2n) is 4.67. The van der Waals surface area contributed by atoms with Crippen LogP contribution in [0, 0.1) is 13.8 Å². The molecule has 0 radical (unpaired) electrons. The van der Waals surface area contributed by atoms with Gasteiger partial charge in [0, 0.05) is 0 Å². The summed E-state index contributed by atoms with van der Waals surface area (Å²) >= 11 is 0. The van der Waals surface area contributed by atoms with E-state index in [-0.39, 0.29) is 6.79 Å². The maximum absolute atomic E-state index is 5.61. The topological polar surface area (TPSA) is 43.2 Å². The van der Waals surface area contributed by atoms with Crippen LogP contribution in [0.15, 0.2) is 46.4 Å². The molecule has 0 fully saturated rings. The molecule has 2 aromatic carbocycles. The smallest absolute Gasteiger partial charge is 0.231 e. The Morgan fingerprint density at radius 1 is 0.850 bits per heavy atom. The van der Waals surface area contributed by atoms with E-state index in [0.717, 1.165) is 11.1 Å². The van der Waals surface area contributed by atoms with Gasteiger partial charge in [-0.05, 0) is 49.2 Å². The van der Waals surface area contributed by atoms with Crippen molar-refractivity contribution in [3.63, 3.8) is 0 Å². The summed E-state index contributed by atoms with van der Waals surface area (Å²) in [5.74, 6) is 1.32. The fraction of sp³-hybridized carbons (Fsp3) is 0.188. The molecular weight excluding hydrogens is 252 g/mol. The van der Waals surface area contributed by atoms with Crippen LogP contribution in [-0.4, -0.2) is 12.8 Å². The van der Waals surface area contributed by atoms with Crippen LogP contribution >= 0.6 is 0 Å². The Morgan fingerprint density at radius 3 is 1.85 bits per heavy atom. The molecule has 0 bridgehead atoms. The van der Waals surface area contributed by atoms with E-state index in [4.69, 9.17) is 9.47 Å². The van der Waals surface area contributed by atoms with Crippen LogP contribution in [0.4, 0.5) is 11.4 Å². The number of aryl methyl sites for hydroxylation is 2. The van der Waals surface area contributed by atoms with Crippen molar-refractivity contribution in [1.82, 2.24) is 0 Å². The summed E-state index contributed by atoms with van der Waals surface area (Å²) in [4.78, 5) is 8.48. The summed E-state index contributed by atoms with van der Waals surface area (Å²) in [5.41, 5.74) is 3.61. The van der Waals surface area contributed by atoms with Crippen LogP contribution in [0.5, 0.6) is 11.5 Å². The van der Waals surface area contributed by atoms with Crippen molar-refractivity contribution >= 4 is 17.4 Å². The number of nitrogens with zero attached hydrogens (tertiary/aromatic N) is 2. The fourth-order valence-corrected chi connectivity index (χ4v) is 1.96. The molecule has 100 valence electrons. The molecule has 20 heavy (non-hydrogen) atoms. The predicted octanol–water partition coefficient (Wildman–Crippen LogP) is 4.17. The third kappa shape index (κ3) is 2.56. The first kappa shape index (κ1) is 12.5. The van der Waals surface area contributed by atoms with Crippen molar-refractivity contribution in [2.24, 2.45) is 9.98 Å². The first-order valence-electron chi connectivity index (χ1n) is 6.36. The van der Waals surface area contributed by atoms with Crippen LogP contribution in [0.25, 0.3) is 0 Å². The van der Waals surface area contributed by atoms with Crippen molar-refractivity contribution in [1.29, 1.82) is 0 Å². The van der Waals surface area contributed by atoms with Gasteiger partial charge in [-0.3, -0.25) is 0 Å². The molecule has 0 unspecified atom stereocenters. The van der Waals surface area contributed by atoms with E-state index in [1.54, 1.807) is 0 Å². The fourth-order valence-electron chi connectivity index (χ4n) is 1.96. The van der Waals surface area contributed by atoms with Gasteiger partial charge in [0.2, 0.25) is 6.79 Å². The van der Waals surface area contributed by atoms with Gasteiger partial charge in [0.1, 0.15) is 28.9 Å². The van der Waals surface area contributed by atoms with E-state index in [0.29, 0.717) is 22.9 Å². The Hall–Kier alpha value is -2.58. The molecular formula is C16H14N2O2. The molecule has 0 spiro atoms. The van der Waals surface area contributed by atoms with Gasteiger partial charge in [-0.1, -0.05) is 12.1 Å². The average molecular weight is 266 g/mol. The number of benzene rings is 2. The first-order valence-corrected chi connectivity index (χ1v) is 6.36. The Morgan fingerprint density at radius 2 is 1.35 bits per heavy atom. The van der Waals surface area contributed by atoms with Gasteiger partial charge in [0.05, 0.1) is 0 Å². The summed E-state index contributed by atoms with van der Waals surface area (Å²) in [5, 5.41) is 0. The van der Waals surface area contributed by atoms with Gasteiger partial charge in [-0.25, -0.2) is 0 Å². The molecule has 2 aromatic rings. The van der Waals surface area contributed by atoms with Crippen LogP contribution in [0.2, 0.25) is 0 Å². The Bertz CT molecular complexity index is 659. The number of rotatable bonds is 0. The summed E-state index contributed by atoms with van der Waals surface area (Å²) in [6, 6.07) is 14.2. The van der Waals surface area contributed by atoms with E-state index in [1.807, 2.05) is 50.2 Å². The highest BCUT2D eigenvalue weighted by Gasteiger charge is 2.07. The van der Waals surface area contributed by atoms with Gasteiger partial charge in [-0.15, -0.1) is 0 Å². The van der Waals surface area contributed by atoms with Gasteiger partial charge in [0.25, 0.3) is 0 Å². The van der Waals surface area contributed by atoms with E-state index < -0.39 is 0 Å². The molecule has 0 amide bonds. The van der Waals surface area contributed by atoms with Crippen LogP contribution < -0.4 is 9.47 Å². The van der Waals surface area contributed by atoms with Crippen molar-refractivity contribution in [2.75, 3.05) is 6.79 Å². The monoisotopic (exact) mass is 266 g/mol. The largest absolute Gasteiger partial charge is 0.455 e. The predicted molar refractivity (Wildman–Crippen MR) is 77.7 cm³/mol. The quantitative estimate of drug-likeness (QED) is 0.718. The molecule has 4 heteroatoms. The number of ether oxygens (including phenoxy) is 2. The summed E-state index contributed by atoms with van der Waals surface area (Å²) in [7, 11) is 0. The third-order valence-electron chi connectivity index (χ3n) is 3.00. The molecule has 1 aliphatic rings. The van der Waals surface area contributed by atoms with Crippen molar-refractivity contribution in [3.05, 3.63) is 47.5 Å². The molecule has 0 saturated heterocycles. The highest BCUT2D eigenvalue weighted by Crippen LogP contribution is 2.32. The second-order valence-corrected chi connectivity index (χ2v) is 4.67. The maximum Gasteiger partial charge on any atom is 0.231 e. The number of hydrogen-bond acceptors (Lipinski definition) is 4. The highest BCUT2D eigenvalue weighted by molar-refractivity contribution is 5.65. The molecule has 0 saturated carbocycles. The van der Waals surface area contributed by atoms with Crippen LogP contribution in [0.3, 0.4) is 0 Å². The molecule has 0 aliphatic carbocycles. The zero-order chi connectivity index (χ0) is 13.9. The zero-order valence-electron chi connectivity index (χ0n) is 11.4. The molecule has 0 atom stereocenters. The lowest BCUT2D eigenvalue weighted by molar-refractivity contribution is 0.121. The Balaban J connectivity index is 2.08. The van der Waals surface area contributed by atoms with Crippen LogP contribution in [-0.2, 0) is 0 Å². The first-order chi connectivity index (χ1) is 9.72. The number of aliphatic imine (C=N–C) groups is 2. The molecule has 1 heterocycles. The van der Waals surface area contributed by atoms with Crippen molar-refractivity contribution in [3.8, 4) is 11.5 Å². The third-order valence-corrected chi connectivity index (χ3v) is 3.00. The van der Waals surface area contributed by atoms with Gasteiger partial charge < -0.3 is 9.47 Å². The summed E-state index contributed by atoms with van der Waals surface area (Å²) < 4.78 is 11.2. The van der Waals surface area contributed by atoms with Crippen molar-refractivity contribution in [2.45, 2.75) is 13.8 Å². The molecule has 0 N–H and O–H groups in total. The lowest BCUT2D eigenvalue weighted by Gasteiger charge is -2.12. The number of fused-ring (bicyclic) bond motifs is 2. The van der Waals surface area contributed by atoms with Gasteiger partial charge in [0.15, 0.2) is 0 Å². The number of hydrogen-bond donors (Lipinski definition) is 0. The second kappa shape index (κ2) is 5.19. The minimum absolute atomic E-state index is 0.122. The zero-order valence-corrected chi connectivity index (χ0v) is 11.4. The lowest BCUT2D eigenvalue weighted by Crippen LogP contribution is -2.06. The van der Waals surface area contributed by atoms with E-state index in [9.17, 15) is 0 Å². The normalized spacial score (nSPS) is 12.9. The summed E-state index contributed by atoms with van der Waals surface area (Å²) in [6.45, 7) is 4.12. The van der Waals surface area contributed by atoms with E-state index in [1.165, 1.54) is 0 Å². The SMILES string of the molecule is Cc1ccc2c(c1)N=C=Nc1cc(C)ccc1OCO2. The molecule has 4 nitrogen and oxygen atoms in total. The van der Waals surface area contributed by atoms with Gasteiger partial charge >= 0.3 is 0 Å². The van der Waals surface area contributed by atoms with Crippen LogP contribution in [0.1, 0.15) is 11.1 Å². The van der Waals surface area contributed by atoms with E-state index in [2.05, 4.69) is 16.0 Å². The van der Waals surface area contributed by atoms with Crippen molar-refractivity contribution < 1.29 is 9.47 Å². The highest BCUT2D eigenvalue weighted by atomic mass is 16.7. The molecule has 0 aromatic heterocycles. The van der Waals surface area contributed by atoms with Gasteiger partial charge in [-0.2, -0.15) is 9.98 Å². The molecule has 3 rings (SSSR count). The summed E-state index contributed by atoms with van der Waals surface area (Å²) in [6.07, 6.45) is 0. The Labute approximate surface area is 117 Å². The molecule has 1 aliphatic heterocycles. The lowest BCUT2D eigenvalue weighted by atomic mass is 10.2.